The van der Waals surface area contributed by atoms with Crippen LogP contribution in [0, 0.1) is 11.8 Å². The van der Waals surface area contributed by atoms with E-state index < -0.39 is 36.9 Å². The number of amides is 3. The lowest BCUT2D eigenvalue weighted by Gasteiger charge is -2.45. The van der Waals surface area contributed by atoms with Gasteiger partial charge in [-0.15, -0.1) is 0 Å². The second-order valence-electron chi connectivity index (χ2n) is 10.3. The first-order chi connectivity index (χ1) is 19.0. The maximum absolute atomic E-state index is 13.6. The molecular weight excluding hydrogens is 492 g/mol. The number of hydrogen-bond donors (Lipinski definition) is 1. The first-order valence-electron chi connectivity index (χ1n) is 13.0. The fraction of sp³-hybridized carbons (Fsp3) is 0.188. The number of benzene rings is 4. The first-order valence-corrected chi connectivity index (χ1v) is 13.0. The Kier molecular flexibility index (Phi) is 5.33. The van der Waals surface area contributed by atoms with Crippen LogP contribution in [0.5, 0.6) is 0 Å². The summed E-state index contributed by atoms with van der Waals surface area (Å²) in [4.78, 5) is 53.5. The summed E-state index contributed by atoms with van der Waals surface area (Å²) in [6.45, 7) is -1.04. The first kappa shape index (κ1) is 23.3. The Morgan fingerprint density at radius 2 is 1.21 bits per heavy atom. The molecule has 8 rings (SSSR count). The molecule has 1 N–H and O–H groups in total. The van der Waals surface area contributed by atoms with E-state index in [0.717, 1.165) is 37.9 Å². The Morgan fingerprint density at radius 1 is 0.692 bits per heavy atom. The lowest BCUT2D eigenvalue weighted by molar-refractivity contribution is -0.154. The average Bonchev–Trinajstić information content (AvgIpc) is 3.21. The van der Waals surface area contributed by atoms with Crippen LogP contribution in [-0.2, 0) is 23.9 Å². The summed E-state index contributed by atoms with van der Waals surface area (Å²) in [6.07, 6.45) is 0. The SMILES string of the molecule is O=C(COC(=O)CN1C(=O)[C@@H]2C3c4ccccc4C(c4ccccc43)[C@H]2C1=O)Nc1cccc2ccccc12. The van der Waals surface area contributed by atoms with Gasteiger partial charge < -0.3 is 10.1 Å². The number of nitrogens with zero attached hydrogens (tertiary/aromatic N) is 1. The monoisotopic (exact) mass is 516 g/mol. The van der Waals surface area contributed by atoms with Crippen molar-refractivity contribution in [1.29, 1.82) is 0 Å². The second kappa shape index (κ2) is 8.91. The van der Waals surface area contributed by atoms with Crippen molar-refractivity contribution in [1.82, 2.24) is 4.90 Å². The topological polar surface area (TPSA) is 92.8 Å². The van der Waals surface area contributed by atoms with Crippen LogP contribution in [0.15, 0.2) is 91.0 Å². The van der Waals surface area contributed by atoms with E-state index in [2.05, 4.69) is 5.32 Å². The molecule has 3 aliphatic carbocycles. The average molecular weight is 517 g/mol. The Hall–Kier alpha value is -4.78. The number of carbonyl (C=O) groups excluding carboxylic acids is 4. The van der Waals surface area contributed by atoms with E-state index in [1.165, 1.54) is 0 Å². The van der Waals surface area contributed by atoms with Crippen molar-refractivity contribution < 1.29 is 23.9 Å². The van der Waals surface area contributed by atoms with Crippen molar-refractivity contribution in [2.75, 3.05) is 18.5 Å². The molecule has 7 heteroatoms. The molecule has 1 fully saturated rings. The number of carbonyl (C=O) groups is 4. The van der Waals surface area contributed by atoms with Crippen LogP contribution in [-0.4, -0.2) is 41.7 Å². The number of esters is 1. The molecule has 2 atom stereocenters. The molecule has 1 heterocycles. The van der Waals surface area contributed by atoms with E-state index >= 15 is 0 Å². The Balaban J connectivity index is 1.07. The van der Waals surface area contributed by atoms with E-state index in [0.29, 0.717) is 5.69 Å². The van der Waals surface area contributed by atoms with Gasteiger partial charge in [0.25, 0.3) is 5.91 Å². The van der Waals surface area contributed by atoms with E-state index in [-0.39, 0.29) is 23.7 Å². The molecule has 3 amide bonds. The van der Waals surface area contributed by atoms with Crippen LogP contribution in [0.25, 0.3) is 10.8 Å². The minimum atomic E-state index is -0.800. The van der Waals surface area contributed by atoms with Gasteiger partial charge in [-0.2, -0.15) is 0 Å². The highest BCUT2D eigenvalue weighted by atomic mass is 16.5. The van der Waals surface area contributed by atoms with Gasteiger partial charge in [-0.25, -0.2) is 0 Å². The van der Waals surface area contributed by atoms with Crippen LogP contribution in [0.2, 0.25) is 0 Å². The van der Waals surface area contributed by atoms with Gasteiger partial charge in [0.15, 0.2) is 6.61 Å². The summed E-state index contributed by atoms with van der Waals surface area (Å²) in [5.41, 5.74) is 4.88. The standard InChI is InChI=1S/C32H24N2O5/c35-25(33-24-15-7-9-18-8-1-2-10-19(18)24)17-39-26(36)16-34-31(37)29-27-20-11-3-4-12-21(20)28(30(29)32(34)38)23-14-6-5-13-22(23)27/h1-15,27-30H,16-17H2,(H,33,35)/t27?,28?,29-,30-/m1/s1. The van der Waals surface area contributed by atoms with Gasteiger partial charge in [0.05, 0.1) is 11.8 Å². The number of likely N-dealkylation sites (tertiary alicyclic amines) is 1. The van der Waals surface area contributed by atoms with Crippen LogP contribution < -0.4 is 5.32 Å². The molecule has 192 valence electrons. The summed E-state index contributed by atoms with van der Waals surface area (Å²) in [7, 11) is 0. The molecule has 2 bridgehead atoms. The van der Waals surface area contributed by atoms with Gasteiger partial charge in [-0.05, 0) is 33.7 Å². The quantitative estimate of drug-likeness (QED) is 0.317. The number of rotatable bonds is 5. The summed E-state index contributed by atoms with van der Waals surface area (Å²) < 4.78 is 5.20. The van der Waals surface area contributed by atoms with Crippen molar-refractivity contribution >= 4 is 40.2 Å². The van der Waals surface area contributed by atoms with Crippen LogP contribution >= 0.6 is 0 Å². The van der Waals surface area contributed by atoms with E-state index in [9.17, 15) is 19.2 Å². The Bertz CT molecular complexity index is 1570. The molecule has 4 aromatic carbocycles. The van der Waals surface area contributed by atoms with Gasteiger partial charge in [-0.1, -0.05) is 84.9 Å². The predicted octanol–water partition coefficient (Wildman–Crippen LogP) is 4.21. The van der Waals surface area contributed by atoms with Crippen LogP contribution in [0.4, 0.5) is 5.69 Å². The lowest BCUT2D eigenvalue weighted by atomic mass is 9.55. The molecule has 0 aromatic heterocycles. The molecule has 0 saturated carbocycles. The molecule has 7 nitrogen and oxygen atoms in total. The van der Waals surface area contributed by atoms with Gasteiger partial charge in [0, 0.05) is 22.9 Å². The van der Waals surface area contributed by atoms with Gasteiger partial charge in [-0.3, -0.25) is 24.1 Å². The third-order valence-electron chi connectivity index (χ3n) is 8.25. The number of fused-ring (bicyclic) bond motifs is 1. The summed E-state index contributed by atoms with van der Waals surface area (Å²) >= 11 is 0. The number of ether oxygens (including phenoxy) is 1. The van der Waals surface area contributed by atoms with Crippen LogP contribution in [0.1, 0.15) is 34.1 Å². The summed E-state index contributed by atoms with van der Waals surface area (Å²) in [6, 6.07) is 29.1. The lowest BCUT2D eigenvalue weighted by Crippen LogP contribution is -2.41. The van der Waals surface area contributed by atoms with Crippen molar-refractivity contribution in [3.05, 3.63) is 113 Å². The normalized spacial score (nSPS) is 22.3. The fourth-order valence-electron chi connectivity index (χ4n) is 6.74. The maximum Gasteiger partial charge on any atom is 0.326 e. The fourth-order valence-corrected chi connectivity index (χ4v) is 6.74. The third kappa shape index (κ3) is 3.57. The maximum atomic E-state index is 13.6. The highest BCUT2D eigenvalue weighted by Gasteiger charge is 2.61. The van der Waals surface area contributed by atoms with E-state index in [4.69, 9.17) is 4.74 Å². The molecule has 1 aliphatic heterocycles. The number of imide groups is 1. The minimum absolute atomic E-state index is 0.239. The number of nitrogens with one attached hydrogen (secondary N) is 1. The number of hydrogen-bond acceptors (Lipinski definition) is 5. The Morgan fingerprint density at radius 3 is 1.79 bits per heavy atom. The summed E-state index contributed by atoms with van der Waals surface area (Å²) in [5.74, 6) is -3.62. The van der Waals surface area contributed by atoms with E-state index in [1.54, 1.807) is 6.07 Å². The molecule has 4 aromatic rings. The summed E-state index contributed by atoms with van der Waals surface area (Å²) in [5, 5.41) is 4.61. The largest absolute Gasteiger partial charge is 0.454 e. The number of anilines is 1. The molecule has 1 saturated heterocycles. The zero-order valence-corrected chi connectivity index (χ0v) is 20.9. The third-order valence-corrected chi connectivity index (χ3v) is 8.25. The Labute approximate surface area is 224 Å². The van der Waals surface area contributed by atoms with Gasteiger partial charge >= 0.3 is 5.97 Å². The molecule has 39 heavy (non-hydrogen) atoms. The van der Waals surface area contributed by atoms with Crippen molar-refractivity contribution in [3.63, 3.8) is 0 Å². The molecule has 4 aliphatic rings. The van der Waals surface area contributed by atoms with Crippen molar-refractivity contribution in [2.24, 2.45) is 11.8 Å². The second-order valence-corrected chi connectivity index (χ2v) is 10.3. The highest BCUT2D eigenvalue weighted by molar-refractivity contribution is 6.09. The van der Waals surface area contributed by atoms with Crippen molar-refractivity contribution in [2.45, 2.75) is 11.8 Å². The zero-order valence-electron chi connectivity index (χ0n) is 20.9. The van der Waals surface area contributed by atoms with Crippen molar-refractivity contribution in [3.8, 4) is 0 Å². The predicted molar refractivity (Wildman–Crippen MR) is 144 cm³/mol. The smallest absolute Gasteiger partial charge is 0.326 e. The molecule has 0 radical (unpaired) electrons. The molecular formula is C32H24N2O5. The molecule has 0 spiro atoms. The van der Waals surface area contributed by atoms with E-state index in [1.807, 2.05) is 84.9 Å². The zero-order chi connectivity index (χ0) is 26.7. The van der Waals surface area contributed by atoms with Gasteiger partial charge in [0.1, 0.15) is 6.54 Å². The highest BCUT2D eigenvalue weighted by Crippen LogP contribution is 2.60. The molecule has 0 unspecified atom stereocenters. The van der Waals surface area contributed by atoms with Crippen LogP contribution in [0.3, 0.4) is 0 Å². The van der Waals surface area contributed by atoms with Gasteiger partial charge in [0.2, 0.25) is 11.8 Å². The minimum Gasteiger partial charge on any atom is -0.454 e.